The van der Waals surface area contributed by atoms with E-state index in [0.29, 0.717) is 24.3 Å². The molecule has 1 rings (SSSR count). The number of carbonyl (C=O) groups is 3. The van der Waals surface area contributed by atoms with Crippen molar-refractivity contribution in [2.75, 3.05) is 18.4 Å². The van der Waals surface area contributed by atoms with Crippen molar-refractivity contribution in [3.63, 3.8) is 0 Å². The van der Waals surface area contributed by atoms with Crippen molar-refractivity contribution in [1.29, 1.82) is 0 Å². The van der Waals surface area contributed by atoms with Gasteiger partial charge in [0.15, 0.2) is 5.78 Å². The molecule has 0 aromatic heterocycles. The number of amides is 2. The summed E-state index contributed by atoms with van der Waals surface area (Å²) in [6, 6.07) is 6.83. The predicted octanol–water partition coefficient (Wildman–Crippen LogP) is 2.87. The summed E-state index contributed by atoms with van der Waals surface area (Å²) in [6.45, 7) is 6.16. The molecule has 1 N–H and O–H groups in total. The number of rotatable bonds is 8. The van der Waals surface area contributed by atoms with Crippen LogP contribution in [0.15, 0.2) is 24.3 Å². The van der Waals surface area contributed by atoms with Crippen LogP contribution in [0.3, 0.4) is 0 Å². The molecule has 5 heteroatoms. The van der Waals surface area contributed by atoms with Gasteiger partial charge >= 0.3 is 0 Å². The van der Waals surface area contributed by atoms with Crippen molar-refractivity contribution in [2.24, 2.45) is 0 Å². The summed E-state index contributed by atoms with van der Waals surface area (Å²) < 4.78 is 0. The summed E-state index contributed by atoms with van der Waals surface area (Å²) in [6.07, 6.45) is 2.18. The normalized spacial score (nSPS) is 10.1. The number of hydrogen-bond acceptors (Lipinski definition) is 3. The fourth-order valence-corrected chi connectivity index (χ4v) is 2.05. The molecule has 0 spiro atoms. The second kappa shape index (κ2) is 8.97. The van der Waals surface area contributed by atoms with Crippen LogP contribution < -0.4 is 5.32 Å². The van der Waals surface area contributed by atoms with Crippen molar-refractivity contribution in [3.8, 4) is 0 Å². The van der Waals surface area contributed by atoms with E-state index in [1.807, 2.05) is 0 Å². The predicted molar refractivity (Wildman–Crippen MR) is 86.9 cm³/mol. The second-order valence-electron chi connectivity index (χ2n) is 5.29. The molecule has 5 nitrogen and oxygen atoms in total. The Morgan fingerprint density at radius 2 is 1.86 bits per heavy atom. The van der Waals surface area contributed by atoms with Gasteiger partial charge in [0.05, 0.1) is 0 Å². The Kier molecular flexibility index (Phi) is 7.29. The lowest BCUT2D eigenvalue weighted by molar-refractivity contribution is -0.129. The smallest absolute Gasteiger partial charge is 0.226 e. The maximum atomic E-state index is 12.0. The fraction of sp³-hybridized carbons (Fsp3) is 0.471. The van der Waals surface area contributed by atoms with Crippen molar-refractivity contribution >= 4 is 23.3 Å². The van der Waals surface area contributed by atoms with Crippen LogP contribution in [0.2, 0.25) is 0 Å². The molecule has 0 unspecified atom stereocenters. The quantitative estimate of drug-likeness (QED) is 0.751. The third-order valence-corrected chi connectivity index (χ3v) is 3.39. The second-order valence-corrected chi connectivity index (χ2v) is 5.29. The van der Waals surface area contributed by atoms with E-state index in [0.717, 1.165) is 12.8 Å². The van der Waals surface area contributed by atoms with Gasteiger partial charge in [-0.15, -0.1) is 0 Å². The highest BCUT2D eigenvalue weighted by Crippen LogP contribution is 2.11. The highest BCUT2D eigenvalue weighted by molar-refractivity contribution is 5.97. The summed E-state index contributed by atoms with van der Waals surface area (Å²) in [4.78, 5) is 36.5. The lowest BCUT2D eigenvalue weighted by Gasteiger charge is -2.20. The minimum Gasteiger partial charge on any atom is -0.342 e. The molecule has 0 aliphatic rings. The number of Topliss-reactive ketones (excluding diaryl/α,β-unsaturated/α-hetero) is 1. The van der Waals surface area contributed by atoms with E-state index >= 15 is 0 Å². The Morgan fingerprint density at radius 1 is 1.14 bits per heavy atom. The molecule has 0 aliphatic heterocycles. The lowest BCUT2D eigenvalue weighted by atomic mass is 10.1. The van der Waals surface area contributed by atoms with Gasteiger partial charge in [0, 0.05) is 37.7 Å². The lowest BCUT2D eigenvalue weighted by Crippen LogP contribution is -2.32. The number of unbranched alkanes of at least 4 members (excludes halogenated alkanes) is 1. The molecule has 22 heavy (non-hydrogen) atoms. The summed E-state index contributed by atoms with van der Waals surface area (Å²) in [5, 5.41) is 2.76. The molecule has 0 bridgehead atoms. The topological polar surface area (TPSA) is 66.5 Å². The van der Waals surface area contributed by atoms with Gasteiger partial charge in [0.2, 0.25) is 11.8 Å². The molecule has 0 saturated carbocycles. The maximum Gasteiger partial charge on any atom is 0.226 e. The van der Waals surface area contributed by atoms with E-state index in [1.165, 1.54) is 13.8 Å². The Labute approximate surface area is 131 Å². The van der Waals surface area contributed by atoms with Gasteiger partial charge in [-0.1, -0.05) is 25.5 Å². The van der Waals surface area contributed by atoms with Gasteiger partial charge in [-0.2, -0.15) is 0 Å². The minimum atomic E-state index is -0.163. The van der Waals surface area contributed by atoms with Crippen LogP contribution in [0, 0.1) is 0 Å². The molecule has 2 amide bonds. The first-order chi connectivity index (χ1) is 10.4. The molecule has 0 saturated heterocycles. The third-order valence-electron chi connectivity index (χ3n) is 3.39. The number of hydrogen-bond donors (Lipinski definition) is 1. The van der Waals surface area contributed by atoms with Gasteiger partial charge in [-0.3, -0.25) is 14.4 Å². The van der Waals surface area contributed by atoms with E-state index in [4.69, 9.17) is 0 Å². The van der Waals surface area contributed by atoms with Gasteiger partial charge < -0.3 is 10.2 Å². The van der Waals surface area contributed by atoms with E-state index in [1.54, 1.807) is 29.2 Å². The molecule has 120 valence electrons. The zero-order valence-electron chi connectivity index (χ0n) is 13.5. The zero-order chi connectivity index (χ0) is 16.5. The minimum absolute atomic E-state index is 0.0140. The molecular weight excluding hydrogens is 280 g/mol. The standard InChI is InChI=1S/C17H24N2O3/c1-4-5-10-19(14(3)21)11-9-17(22)18-16-8-6-7-15(12-16)13(2)20/h6-8,12H,4-5,9-11H2,1-3H3,(H,18,22). The summed E-state index contributed by atoms with van der Waals surface area (Å²) in [5.74, 6) is -0.221. The van der Waals surface area contributed by atoms with Crippen LogP contribution in [-0.2, 0) is 9.59 Å². The van der Waals surface area contributed by atoms with Gasteiger partial charge in [-0.25, -0.2) is 0 Å². The number of anilines is 1. The summed E-state index contributed by atoms with van der Waals surface area (Å²) in [7, 11) is 0. The van der Waals surface area contributed by atoms with Gasteiger partial charge in [0.25, 0.3) is 0 Å². The molecule has 0 atom stereocenters. The SMILES string of the molecule is CCCCN(CCC(=O)Nc1cccc(C(C)=O)c1)C(C)=O. The van der Waals surface area contributed by atoms with Crippen molar-refractivity contribution < 1.29 is 14.4 Å². The molecule has 0 fully saturated rings. The Hall–Kier alpha value is -2.17. The zero-order valence-corrected chi connectivity index (χ0v) is 13.5. The molecule has 0 heterocycles. The maximum absolute atomic E-state index is 12.0. The number of nitrogens with zero attached hydrogens (tertiary/aromatic N) is 1. The first kappa shape index (κ1) is 17.9. The van der Waals surface area contributed by atoms with E-state index in [-0.39, 0.29) is 24.0 Å². The Balaban J connectivity index is 2.53. The summed E-state index contributed by atoms with van der Waals surface area (Å²) in [5.41, 5.74) is 1.16. The van der Waals surface area contributed by atoms with E-state index in [9.17, 15) is 14.4 Å². The molecular formula is C17H24N2O3. The van der Waals surface area contributed by atoms with E-state index in [2.05, 4.69) is 12.2 Å². The Morgan fingerprint density at radius 3 is 2.45 bits per heavy atom. The molecule has 0 aliphatic carbocycles. The van der Waals surface area contributed by atoms with Crippen LogP contribution in [0.4, 0.5) is 5.69 Å². The molecule has 0 radical (unpaired) electrons. The average Bonchev–Trinajstić information content (AvgIpc) is 2.47. The number of benzene rings is 1. The van der Waals surface area contributed by atoms with Gasteiger partial charge in [-0.05, 0) is 25.5 Å². The first-order valence-electron chi connectivity index (χ1n) is 7.60. The van der Waals surface area contributed by atoms with Crippen LogP contribution >= 0.6 is 0 Å². The van der Waals surface area contributed by atoms with Crippen LogP contribution in [0.1, 0.15) is 50.4 Å². The van der Waals surface area contributed by atoms with Crippen molar-refractivity contribution in [1.82, 2.24) is 4.90 Å². The van der Waals surface area contributed by atoms with Gasteiger partial charge in [0.1, 0.15) is 0 Å². The Bertz CT molecular complexity index is 540. The van der Waals surface area contributed by atoms with Crippen molar-refractivity contribution in [3.05, 3.63) is 29.8 Å². The van der Waals surface area contributed by atoms with Crippen LogP contribution in [0.5, 0.6) is 0 Å². The fourth-order valence-electron chi connectivity index (χ4n) is 2.05. The van der Waals surface area contributed by atoms with Crippen LogP contribution in [0.25, 0.3) is 0 Å². The van der Waals surface area contributed by atoms with Crippen LogP contribution in [-0.4, -0.2) is 35.6 Å². The largest absolute Gasteiger partial charge is 0.342 e. The summed E-state index contributed by atoms with van der Waals surface area (Å²) >= 11 is 0. The number of ketones is 1. The highest BCUT2D eigenvalue weighted by atomic mass is 16.2. The monoisotopic (exact) mass is 304 g/mol. The molecule has 1 aromatic carbocycles. The van der Waals surface area contributed by atoms with Crippen molar-refractivity contribution in [2.45, 2.75) is 40.0 Å². The number of nitrogens with one attached hydrogen (secondary N) is 1. The third kappa shape index (κ3) is 6.08. The number of carbonyl (C=O) groups excluding carboxylic acids is 3. The first-order valence-corrected chi connectivity index (χ1v) is 7.60. The van der Waals surface area contributed by atoms with E-state index < -0.39 is 0 Å². The average molecular weight is 304 g/mol. The molecule has 1 aromatic rings. The highest BCUT2D eigenvalue weighted by Gasteiger charge is 2.11.